The van der Waals surface area contributed by atoms with Gasteiger partial charge in [0.15, 0.2) is 23.2 Å². The van der Waals surface area contributed by atoms with Gasteiger partial charge < -0.3 is 25.6 Å². The van der Waals surface area contributed by atoms with Gasteiger partial charge >= 0.3 is 0 Å². The molecular formula is C14H19ClN6O3. The molecule has 0 aromatic carbocycles. The molecule has 0 unspecified atom stereocenters. The first-order valence-electron chi connectivity index (χ1n) is 7.97. The van der Waals surface area contributed by atoms with Crippen molar-refractivity contribution >= 4 is 28.6 Å². The van der Waals surface area contributed by atoms with Gasteiger partial charge in [-0.05, 0) is 24.6 Å². The summed E-state index contributed by atoms with van der Waals surface area (Å²) in [5.74, 6) is 0.573. The highest BCUT2D eigenvalue weighted by Crippen LogP contribution is 2.32. The summed E-state index contributed by atoms with van der Waals surface area (Å²) >= 11 is 6.07. The van der Waals surface area contributed by atoms with Crippen molar-refractivity contribution in [1.29, 1.82) is 0 Å². The zero-order chi connectivity index (χ0) is 16.7. The van der Waals surface area contributed by atoms with Gasteiger partial charge in [-0.15, -0.1) is 0 Å². The molecule has 2 aliphatic rings. The molecule has 2 aliphatic heterocycles. The SMILES string of the molecule is OC[C@@H]1C[C@@H](O)[C@H](n2cnc3c(N[C@@H]4CCNC4)nc(Cl)nc32)O1. The summed E-state index contributed by atoms with van der Waals surface area (Å²) in [5, 5.41) is 26.2. The largest absolute Gasteiger partial charge is 0.394 e. The van der Waals surface area contributed by atoms with E-state index in [4.69, 9.17) is 16.3 Å². The maximum absolute atomic E-state index is 10.2. The Labute approximate surface area is 143 Å². The van der Waals surface area contributed by atoms with E-state index in [1.54, 1.807) is 10.9 Å². The molecule has 4 N–H and O–H groups in total. The van der Waals surface area contributed by atoms with Gasteiger partial charge in [-0.3, -0.25) is 4.57 Å². The van der Waals surface area contributed by atoms with Crippen molar-refractivity contribution in [3.8, 4) is 0 Å². The van der Waals surface area contributed by atoms with Gasteiger partial charge in [0.25, 0.3) is 0 Å². The van der Waals surface area contributed by atoms with E-state index in [9.17, 15) is 10.2 Å². The Morgan fingerprint density at radius 2 is 2.33 bits per heavy atom. The highest BCUT2D eigenvalue weighted by molar-refractivity contribution is 6.28. The number of ether oxygens (including phenoxy) is 1. The van der Waals surface area contributed by atoms with E-state index < -0.39 is 18.4 Å². The van der Waals surface area contributed by atoms with Gasteiger partial charge in [0.1, 0.15) is 6.10 Å². The number of nitrogens with zero attached hydrogens (tertiary/aromatic N) is 4. The van der Waals surface area contributed by atoms with E-state index in [0.29, 0.717) is 23.4 Å². The van der Waals surface area contributed by atoms with Gasteiger partial charge in [-0.25, -0.2) is 4.98 Å². The Morgan fingerprint density at radius 1 is 1.46 bits per heavy atom. The second-order valence-electron chi connectivity index (χ2n) is 6.13. The van der Waals surface area contributed by atoms with E-state index in [2.05, 4.69) is 25.6 Å². The summed E-state index contributed by atoms with van der Waals surface area (Å²) < 4.78 is 7.32. The lowest BCUT2D eigenvalue weighted by atomic mass is 10.2. The van der Waals surface area contributed by atoms with Crippen LogP contribution < -0.4 is 10.6 Å². The third-order valence-corrected chi connectivity index (χ3v) is 4.61. The number of aliphatic hydroxyl groups excluding tert-OH is 2. The Hall–Kier alpha value is -1.52. The first kappa shape index (κ1) is 16.0. The van der Waals surface area contributed by atoms with Gasteiger partial charge in [0.2, 0.25) is 5.28 Å². The van der Waals surface area contributed by atoms with E-state index >= 15 is 0 Å². The number of anilines is 1. The van der Waals surface area contributed by atoms with Crippen molar-refractivity contribution in [2.45, 2.75) is 37.3 Å². The molecule has 2 fully saturated rings. The lowest BCUT2D eigenvalue weighted by molar-refractivity contribution is -0.0486. The molecule has 4 atom stereocenters. The summed E-state index contributed by atoms with van der Waals surface area (Å²) in [5.41, 5.74) is 1.07. The number of hydrogen-bond acceptors (Lipinski definition) is 8. The van der Waals surface area contributed by atoms with Crippen LogP contribution in [0.3, 0.4) is 0 Å². The summed E-state index contributed by atoms with van der Waals surface area (Å²) in [4.78, 5) is 12.9. The molecule has 2 aromatic heterocycles. The number of hydrogen-bond donors (Lipinski definition) is 4. The van der Waals surface area contributed by atoms with Crippen LogP contribution in [0.25, 0.3) is 11.2 Å². The highest BCUT2D eigenvalue weighted by Gasteiger charge is 2.36. The van der Waals surface area contributed by atoms with Gasteiger partial charge in [0, 0.05) is 19.0 Å². The van der Waals surface area contributed by atoms with Crippen LogP contribution in [0.5, 0.6) is 0 Å². The molecule has 4 heterocycles. The molecule has 24 heavy (non-hydrogen) atoms. The molecule has 0 radical (unpaired) electrons. The Morgan fingerprint density at radius 3 is 3.04 bits per heavy atom. The normalized spacial score (nSPS) is 30.3. The van der Waals surface area contributed by atoms with Crippen LogP contribution >= 0.6 is 11.6 Å². The third-order valence-electron chi connectivity index (χ3n) is 4.44. The fourth-order valence-corrected chi connectivity index (χ4v) is 3.41. The molecule has 0 spiro atoms. The molecule has 9 nitrogen and oxygen atoms in total. The van der Waals surface area contributed by atoms with Crippen molar-refractivity contribution < 1.29 is 14.9 Å². The fourth-order valence-electron chi connectivity index (χ4n) is 3.25. The minimum atomic E-state index is -0.747. The first-order chi connectivity index (χ1) is 11.7. The number of rotatable bonds is 4. The van der Waals surface area contributed by atoms with Crippen LogP contribution in [0, 0.1) is 0 Å². The molecule has 0 saturated carbocycles. The molecule has 0 bridgehead atoms. The Bertz CT molecular complexity index is 735. The number of aromatic nitrogens is 4. The molecule has 4 rings (SSSR count). The average Bonchev–Trinajstić information content (AvgIpc) is 3.27. The predicted octanol–water partition coefficient (Wildman–Crippen LogP) is -0.106. The van der Waals surface area contributed by atoms with Gasteiger partial charge in [-0.1, -0.05) is 0 Å². The molecule has 0 aliphatic carbocycles. The number of imidazole rings is 1. The molecule has 2 saturated heterocycles. The smallest absolute Gasteiger partial charge is 0.226 e. The fraction of sp³-hybridized carbons (Fsp3) is 0.643. The van der Waals surface area contributed by atoms with E-state index in [1.165, 1.54) is 0 Å². The van der Waals surface area contributed by atoms with E-state index in [0.717, 1.165) is 19.5 Å². The molecule has 10 heteroatoms. The molecule has 0 amide bonds. The van der Waals surface area contributed by atoms with Crippen LogP contribution in [0.15, 0.2) is 6.33 Å². The molecular weight excluding hydrogens is 336 g/mol. The number of halogens is 1. The number of aliphatic hydroxyl groups is 2. The van der Waals surface area contributed by atoms with Gasteiger partial charge in [0.05, 0.1) is 19.0 Å². The predicted molar refractivity (Wildman–Crippen MR) is 86.9 cm³/mol. The maximum Gasteiger partial charge on any atom is 0.226 e. The molecule has 130 valence electrons. The molecule has 2 aromatic rings. The van der Waals surface area contributed by atoms with Crippen LogP contribution in [0.1, 0.15) is 19.1 Å². The summed E-state index contributed by atoms with van der Waals surface area (Å²) in [7, 11) is 0. The average molecular weight is 355 g/mol. The standard InChI is InChI=1S/C14H19ClN6O3/c15-14-19-11(18-7-1-2-16-4-7)10-12(20-14)21(6-17-10)13-9(23)3-8(5-22)24-13/h6-9,13,16,22-23H,1-5H2,(H,18,19,20)/t7-,8+,9-,13-/m1/s1. The summed E-state index contributed by atoms with van der Waals surface area (Å²) in [6, 6.07) is 0.261. The highest BCUT2D eigenvalue weighted by atomic mass is 35.5. The third kappa shape index (κ3) is 2.82. The number of nitrogens with one attached hydrogen (secondary N) is 2. The zero-order valence-corrected chi connectivity index (χ0v) is 13.6. The topological polar surface area (TPSA) is 117 Å². The van der Waals surface area contributed by atoms with Gasteiger partial charge in [-0.2, -0.15) is 9.97 Å². The zero-order valence-electron chi connectivity index (χ0n) is 12.9. The quantitative estimate of drug-likeness (QED) is 0.562. The van der Waals surface area contributed by atoms with E-state index in [1.807, 2.05) is 0 Å². The van der Waals surface area contributed by atoms with Crippen LogP contribution in [-0.2, 0) is 4.74 Å². The minimum absolute atomic E-state index is 0.101. The van der Waals surface area contributed by atoms with Crippen LogP contribution in [-0.4, -0.2) is 67.7 Å². The minimum Gasteiger partial charge on any atom is -0.394 e. The number of fused-ring (bicyclic) bond motifs is 1. The first-order valence-corrected chi connectivity index (χ1v) is 8.35. The van der Waals surface area contributed by atoms with Crippen LogP contribution in [0.2, 0.25) is 5.28 Å². The van der Waals surface area contributed by atoms with E-state index in [-0.39, 0.29) is 17.9 Å². The second kappa shape index (κ2) is 6.41. The summed E-state index contributed by atoms with van der Waals surface area (Å²) in [6.45, 7) is 1.67. The Kier molecular flexibility index (Phi) is 4.27. The van der Waals surface area contributed by atoms with Crippen molar-refractivity contribution in [3.05, 3.63) is 11.6 Å². The van der Waals surface area contributed by atoms with Crippen molar-refractivity contribution in [2.75, 3.05) is 25.0 Å². The van der Waals surface area contributed by atoms with Crippen molar-refractivity contribution in [1.82, 2.24) is 24.8 Å². The van der Waals surface area contributed by atoms with Crippen LogP contribution in [0.4, 0.5) is 5.82 Å². The lowest BCUT2D eigenvalue weighted by Crippen LogP contribution is -2.23. The van der Waals surface area contributed by atoms with Crippen molar-refractivity contribution in [3.63, 3.8) is 0 Å². The second-order valence-corrected chi connectivity index (χ2v) is 6.47. The monoisotopic (exact) mass is 354 g/mol. The summed E-state index contributed by atoms with van der Waals surface area (Å²) in [6.07, 6.45) is 1.11. The van der Waals surface area contributed by atoms with Crippen molar-refractivity contribution in [2.24, 2.45) is 0 Å². The lowest BCUT2D eigenvalue weighted by Gasteiger charge is -2.17. The Balaban J connectivity index is 1.69. The maximum atomic E-state index is 10.2.